The fourth-order valence-electron chi connectivity index (χ4n) is 2.11. The molecule has 0 amide bonds. The van der Waals surface area contributed by atoms with E-state index in [4.69, 9.17) is 10.00 Å². The molecule has 4 nitrogen and oxygen atoms in total. The summed E-state index contributed by atoms with van der Waals surface area (Å²) < 4.78 is 5.16. The van der Waals surface area contributed by atoms with Crippen LogP contribution in [-0.2, 0) is 0 Å². The predicted octanol–water partition coefficient (Wildman–Crippen LogP) is 2.74. The van der Waals surface area contributed by atoms with Crippen LogP contribution >= 0.6 is 0 Å². The van der Waals surface area contributed by atoms with Crippen molar-refractivity contribution in [3.8, 4) is 11.8 Å². The van der Waals surface area contributed by atoms with E-state index in [1.807, 2.05) is 48.3 Å². The second kappa shape index (κ2) is 6.78. The molecule has 0 aliphatic heterocycles. The van der Waals surface area contributed by atoms with Gasteiger partial charge in [-0.05, 0) is 42.0 Å². The van der Waals surface area contributed by atoms with Crippen LogP contribution in [0.3, 0.4) is 0 Å². The van der Waals surface area contributed by atoms with Crippen LogP contribution in [0.1, 0.15) is 17.2 Å². The number of nitriles is 1. The molecular weight excluding hydrogens is 264 g/mol. The Morgan fingerprint density at radius 1 is 1.24 bits per heavy atom. The largest absolute Gasteiger partial charge is 0.497 e. The number of ether oxygens (including phenoxy) is 1. The minimum atomic E-state index is -0.610. The van der Waals surface area contributed by atoms with Crippen LogP contribution in [0.25, 0.3) is 0 Å². The highest BCUT2D eigenvalue weighted by Crippen LogP contribution is 2.22. The van der Waals surface area contributed by atoms with Gasteiger partial charge in [0.25, 0.3) is 0 Å². The molecule has 0 spiro atoms. The minimum absolute atomic E-state index is 0.457. The van der Waals surface area contributed by atoms with Crippen LogP contribution in [0.4, 0.5) is 5.69 Å². The molecule has 2 aromatic rings. The molecule has 2 rings (SSSR count). The molecule has 1 N–H and O–H groups in total. The van der Waals surface area contributed by atoms with Gasteiger partial charge in [-0.15, -0.1) is 0 Å². The van der Waals surface area contributed by atoms with Gasteiger partial charge in [0.2, 0.25) is 0 Å². The van der Waals surface area contributed by atoms with Crippen LogP contribution in [0.5, 0.6) is 5.75 Å². The van der Waals surface area contributed by atoms with Gasteiger partial charge in [0.1, 0.15) is 5.75 Å². The first-order valence-electron chi connectivity index (χ1n) is 6.67. The van der Waals surface area contributed by atoms with Crippen molar-refractivity contribution in [1.29, 1.82) is 5.26 Å². The van der Waals surface area contributed by atoms with Gasteiger partial charge < -0.3 is 14.7 Å². The lowest BCUT2D eigenvalue weighted by atomic mass is 10.1. The van der Waals surface area contributed by atoms with E-state index < -0.39 is 6.10 Å². The quantitative estimate of drug-likeness (QED) is 0.916. The van der Waals surface area contributed by atoms with Crippen molar-refractivity contribution in [2.24, 2.45) is 0 Å². The SMILES string of the molecule is COc1cccc(C(O)CN(C)c2ccc(C#N)cc2)c1. The Bertz CT molecular complexity index is 632. The molecule has 0 radical (unpaired) electrons. The average Bonchev–Trinajstić information content (AvgIpc) is 2.54. The summed E-state index contributed by atoms with van der Waals surface area (Å²) >= 11 is 0. The molecule has 108 valence electrons. The van der Waals surface area contributed by atoms with Gasteiger partial charge in [0.15, 0.2) is 0 Å². The summed E-state index contributed by atoms with van der Waals surface area (Å²) in [5.74, 6) is 0.729. The fourth-order valence-corrected chi connectivity index (χ4v) is 2.11. The number of benzene rings is 2. The van der Waals surface area contributed by atoms with Crippen molar-refractivity contribution in [2.75, 3.05) is 25.6 Å². The molecule has 2 aromatic carbocycles. The lowest BCUT2D eigenvalue weighted by Crippen LogP contribution is -2.24. The zero-order valence-electron chi connectivity index (χ0n) is 12.2. The number of hydrogen-bond donors (Lipinski definition) is 1. The van der Waals surface area contributed by atoms with Crippen LogP contribution in [0.2, 0.25) is 0 Å². The maximum absolute atomic E-state index is 10.3. The van der Waals surface area contributed by atoms with E-state index >= 15 is 0 Å². The Labute approximate surface area is 124 Å². The number of hydrogen-bond acceptors (Lipinski definition) is 4. The predicted molar refractivity (Wildman–Crippen MR) is 82.4 cm³/mol. The number of likely N-dealkylation sites (N-methyl/N-ethyl adjacent to an activating group) is 1. The van der Waals surface area contributed by atoms with Gasteiger partial charge in [-0.2, -0.15) is 5.26 Å². The van der Waals surface area contributed by atoms with E-state index in [9.17, 15) is 5.11 Å². The normalized spacial score (nSPS) is 11.5. The summed E-state index contributed by atoms with van der Waals surface area (Å²) in [6, 6.07) is 16.8. The third-order valence-electron chi connectivity index (χ3n) is 3.36. The van der Waals surface area contributed by atoms with E-state index in [2.05, 4.69) is 6.07 Å². The number of rotatable bonds is 5. The van der Waals surface area contributed by atoms with Gasteiger partial charge in [0.05, 0.1) is 24.8 Å². The molecule has 0 fully saturated rings. The second-order valence-corrected chi connectivity index (χ2v) is 4.83. The Morgan fingerprint density at radius 2 is 1.95 bits per heavy atom. The number of nitrogens with zero attached hydrogens (tertiary/aromatic N) is 2. The topological polar surface area (TPSA) is 56.5 Å². The second-order valence-electron chi connectivity index (χ2n) is 4.83. The summed E-state index contributed by atoms with van der Waals surface area (Å²) in [4.78, 5) is 1.95. The Hall–Kier alpha value is -2.51. The summed E-state index contributed by atoms with van der Waals surface area (Å²) in [6.45, 7) is 0.457. The first-order valence-corrected chi connectivity index (χ1v) is 6.67. The number of aliphatic hydroxyl groups excluding tert-OH is 1. The van der Waals surface area contributed by atoms with E-state index in [0.717, 1.165) is 17.0 Å². The number of anilines is 1. The highest BCUT2D eigenvalue weighted by molar-refractivity contribution is 5.49. The zero-order valence-corrected chi connectivity index (χ0v) is 12.2. The van der Waals surface area contributed by atoms with Gasteiger partial charge in [-0.3, -0.25) is 0 Å². The first kappa shape index (κ1) is 14.9. The lowest BCUT2D eigenvalue weighted by molar-refractivity contribution is 0.184. The third-order valence-corrected chi connectivity index (χ3v) is 3.36. The summed E-state index contributed by atoms with van der Waals surface area (Å²) in [7, 11) is 3.51. The van der Waals surface area contributed by atoms with Crippen molar-refractivity contribution >= 4 is 5.69 Å². The fraction of sp³-hybridized carbons (Fsp3) is 0.235. The Morgan fingerprint density at radius 3 is 2.57 bits per heavy atom. The number of aliphatic hydroxyl groups is 1. The third kappa shape index (κ3) is 3.74. The van der Waals surface area contributed by atoms with Gasteiger partial charge in [0, 0.05) is 19.3 Å². The van der Waals surface area contributed by atoms with Gasteiger partial charge in [-0.25, -0.2) is 0 Å². The van der Waals surface area contributed by atoms with Crippen LogP contribution < -0.4 is 9.64 Å². The highest BCUT2D eigenvalue weighted by atomic mass is 16.5. The van der Waals surface area contributed by atoms with Crippen LogP contribution in [-0.4, -0.2) is 25.8 Å². The van der Waals surface area contributed by atoms with E-state index in [1.165, 1.54) is 0 Å². The average molecular weight is 282 g/mol. The monoisotopic (exact) mass is 282 g/mol. The highest BCUT2D eigenvalue weighted by Gasteiger charge is 2.12. The molecule has 21 heavy (non-hydrogen) atoms. The van der Waals surface area contributed by atoms with Crippen molar-refractivity contribution in [3.63, 3.8) is 0 Å². The van der Waals surface area contributed by atoms with Crippen molar-refractivity contribution in [3.05, 3.63) is 59.7 Å². The summed E-state index contributed by atoms with van der Waals surface area (Å²) in [5, 5.41) is 19.1. The molecular formula is C17H18N2O2. The molecule has 1 atom stereocenters. The molecule has 0 aliphatic rings. The molecule has 4 heteroatoms. The lowest BCUT2D eigenvalue weighted by Gasteiger charge is -2.23. The molecule has 1 unspecified atom stereocenters. The maximum atomic E-state index is 10.3. The molecule has 0 heterocycles. The Kier molecular flexibility index (Phi) is 4.81. The zero-order chi connectivity index (χ0) is 15.2. The van der Waals surface area contributed by atoms with E-state index in [0.29, 0.717) is 12.1 Å². The molecule has 0 saturated heterocycles. The summed E-state index contributed by atoms with van der Waals surface area (Å²) in [6.07, 6.45) is -0.610. The molecule has 0 bridgehead atoms. The van der Waals surface area contributed by atoms with E-state index in [-0.39, 0.29) is 0 Å². The standard InChI is InChI=1S/C17H18N2O2/c1-19(15-8-6-13(11-18)7-9-15)12-17(20)14-4-3-5-16(10-14)21-2/h3-10,17,20H,12H2,1-2H3. The van der Waals surface area contributed by atoms with Crippen LogP contribution in [0.15, 0.2) is 48.5 Å². The van der Waals surface area contributed by atoms with Gasteiger partial charge >= 0.3 is 0 Å². The van der Waals surface area contributed by atoms with Crippen LogP contribution in [0, 0.1) is 11.3 Å². The summed E-state index contributed by atoms with van der Waals surface area (Å²) in [5.41, 5.74) is 2.39. The van der Waals surface area contributed by atoms with E-state index in [1.54, 1.807) is 19.2 Å². The smallest absolute Gasteiger partial charge is 0.119 e. The van der Waals surface area contributed by atoms with Crippen molar-refractivity contribution < 1.29 is 9.84 Å². The van der Waals surface area contributed by atoms with Crippen molar-refractivity contribution in [2.45, 2.75) is 6.10 Å². The molecule has 0 saturated carbocycles. The van der Waals surface area contributed by atoms with Gasteiger partial charge in [-0.1, -0.05) is 12.1 Å². The molecule has 0 aromatic heterocycles. The molecule has 0 aliphatic carbocycles. The van der Waals surface area contributed by atoms with Crippen molar-refractivity contribution in [1.82, 2.24) is 0 Å². The minimum Gasteiger partial charge on any atom is -0.497 e. The maximum Gasteiger partial charge on any atom is 0.119 e. The first-order chi connectivity index (χ1) is 10.1. The number of methoxy groups -OCH3 is 1. The Balaban J connectivity index is 2.07.